The Labute approximate surface area is 179 Å². The second-order valence-corrected chi connectivity index (χ2v) is 6.18. The molecule has 3 heteroatoms. The van der Waals surface area contributed by atoms with Gasteiger partial charge in [-0.1, -0.05) is 80.0 Å². The van der Waals surface area contributed by atoms with E-state index in [-0.39, 0.29) is 0 Å². The van der Waals surface area contributed by atoms with Gasteiger partial charge in [-0.25, -0.2) is 0 Å². The molecule has 3 aromatic carbocycles. The molecule has 2 nitrogen and oxygen atoms in total. The number of nitrogens with zero attached hydrogens (tertiary/aromatic N) is 1. The molecule has 0 saturated carbocycles. The summed E-state index contributed by atoms with van der Waals surface area (Å²) in [6, 6.07) is 29.0. The van der Waals surface area contributed by atoms with Gasteiger partial charge in [-0.2, -0.15) is 0 Å². The van der Waals surface area contributed by atoms with Crippen molar-refractivity contribution in [2.75, 3.05) is 16.8 Å². The highest BCUT2D eigenvalue weighted by Gasteiger charge is 2.11. The summed E-state index contributed by atoms with van der Waals surface area (Å²) in [5, 5.41) is 0.959. The monoisotopic (exact) mass is 441 g/mol. The van der Waals surface area contributed by atoms with Crippen LogP contribution in [-0.4, -0.2) is 11.9 Å². The molecule has 3 rings (SSSR count). The highest BCUT2D eigenvalue weighted by Crippen LogP contribution is 2.34. The van der Waals surface area contributed by atoms with Gasteiger partial charge < -0.3 is 9.64 Å². The van der Waals surface area contributed by atoms with Gasteiger partial charge in [0.25, 0.3) is 0 Å². The third-order valence-corrected chi connectivity index (χ3v) is 4.23. The zero-order chi connectivity index (χ0) is 20.6. The Morgan fingerprint density at radius 1 is 0.643 bits per heavy atom. The lowest BCUT2D eigenvalue weighted by Gasteiger charge is -2.25. The molecule has 0 saturated heterocycles. The minimum absolute atomic E-state index is 0.728. The van der Waals surface area contributed by atoms with Crippen LogP contribution in [0.2, 0.25) is 0 Å². The van der Waals surface area contributed by atoms with E-state index in [1.165, 1.54) is 0 Å². The van der Waals surface area contributed by atoms with Gasteiger partial charge in [0.1, 0.15) is 5.75 Å². The van der Waals surface area contributed by atoms with E-state index in [1.807, 2.05) is 52.0 Å². The number of anilines is 3. The minimum Gasteiger partial charge on any atom is -0.494 e. The van der Waals surface area contributed by atoms with Crippen molar-refractivity contribution in [3.05, 3.63) is 84.9 Å². The lowest BCUT2D eigenvalue weighted by atomic mass is 10.2. The average molecular weight is 442 g/mol. The van der Waals surface area contributed by atoms with Crippen molar-refractivity contribution in [1.82, 2.24) is 0 Å². The number of ether oxygens (including phenoxy) is 1. The Hall–Kier alpha value is -2.26. The first-order valence-corrected chi connectivity index (χ1v) is 11.2. The molecule has 0 unspecified atom stereocenters. The number of benzene rings is 3. The first kappa shape index (κ1) is 23.8. The third-order valence-electron chi connectivity index (χ3n) is 3.67. The smallest absolute Gasteiger partial charge is 0.119 e. The van der Waals surface area contributed by atoms with Gasteiger partial charge in [-0.05, 0) is 55.0 Å². The van der Waals surface area contributed by atoms with Crippen LogP contribution in [-0.2, 0) is 0 Å². The van der Waals surface area contributed by atoms with Crippen molar-refractivity contribution in [2.45, 2.75) is 34.1 Å². The van der Waals surface area contributed by atoms with E-state index in [0.717, 1.165) is 41.2 Å². The van der Waals surface area contributed by atoms with Gasteiger partial charge >= 0.3 is 0 Å². The number of alkyl halides is 1. The predicted molar refractivity (Wildman–Crippen MR) is 128 cm³/mol. The molecule has 0 N–H and O–H groups in total. The molecule has 0 aromatic heterocycles. The SMILES string of the molecule is BrCCCOc1ccc(N(c2ccccc2)c2ccccc2)cc1.CC.CC. The van der Waals surface area contributed by atoms with Crippen molar-refractivity contribution >= 4 is 33.0 Å². The predicted octanol–water partition coefficient (Wildman–Crippen LogP) is 8.37. The summed E-state index contributed by atoms with van der Waals surface area (Å²) in [4.78, 5) is 2.24. The van der Waals surface area contributed by atoms with Crippen LogP contribution in [0.4, 0.5) is 17.1 Å². The van der Waals surface area contributed by atoms with Crippen molar-refractivity contribution in [1.29, 1.82) is 0 Å². The molecule has 0 fully saturated rings. The summed E-state index contributed by atoms with van der Waals surface area (Å²) in [5.41, 5.74) is 3.38. The Kier molecular flexibility index (Phi) is 12.5. The average Bonchev–Trinajstić information content (AvgIpc) is 2.79. The van der Waals surface area contributed by atoms with E-state index in [1.54, 1.807) is 0 Å². The molecule has 3 aromatic rings. The molecule has 150 valence electrons. The summed E-state index contributed by atoms with van der Waals surface area (Å²) in [5.74, 6) is 0.903. The molecule has 28 heavy (non-hydrogen) atoms. The Morgan fingerprint density at radius 3 is 1.50 bits per heavy atom. The number of hydrogen-bond acceptors (Lipinski definition) is 2. The van der Waals surface area contributed by atoms with E-state index in [4.69, 9.17) is 4.74 Å². The lowest BCUT2D eigenvalue weighted by molar-refractivity contribution is 0.319. The zero-order valence-electron chi connectivity index (χ0n) is 17.4. The quantitative estimate of drug-likeness (QED) is 0.269. The number of hydrogen-bond donors (Lipinski definition) is 0. The zero-order valence-corrected chi connectivity index (χ0v) is 19.0. The maximum atomic E-state index is 5.74. The Morgan fingerprint density at radius 2 is 1.07 bits per heavy atom. The first-order valence-electron chi connectivity index (χ1n) is 10.1. The first-order chi connectivity index (χ1) is 13.9. The normalized spacial score (nSPS) is 9.32. The third kappa shape index (κ3) is 7.40. The summed E-state index contributed by atoms with van der Waals surface area (Å²) in [6.45, 7) is 8.73. The molecule has 0 heterocycles. The summed E-state index contributed by atoms with van der Waals surface area (Å²) < 4.78 is 5.74. The van der Waals surface area contributed by atoms with Gasteiger partial charge in [0.15, 0.2) is 0 Å². The van der Waals surface area contributed by atoms with Gasteiger partial charge in [0.2, 0.25) is 0 Å². The van der Waals surface area contributed by atoms with Gasteiger partial charge in [0.05, 0.1) is 6.61 Å². The topological polar surface area (TPSA) is 12.5 Å². The standard InChI is InChI=1S/C21H20BrNO.2C2H6/c22-16-7-17-24-21-14-12-20(13-15-21)23(18-8-3-1-4-9-18)19-10-5-2-6-11-19;2*1-2/h1-6,8-15H,7,16-17H2;2*1-2H3. The van der Waals surface area contributed by atoms with Crippen LogP contribution in [0.5, 0.6) is 5.75 Å². The van der Waals surface area contributed by atoms with Crippen LogP contribution in [0.25, 0.3) is 0 Å². The molecule has 0 atom stereocenters. The highest BCUT2D eigenvalue weighted by molar-refractivity contribution is 9.09. The van der Waals surface area contributed by atoms with Crippen molar-refractivity contribution in [2.24, 2.45) is 0 Å². The Balaban J connectivity index is 0.000000921. The van der Waals surface area contributed by atoms with Gasteiger partial charge in [-0.3, -0.25) is 0 Å². The van der Waals surface area contributed by atoms with E-state index >= 15 is 0 Å². The van der Waals surface area contributed by atoms with Crippen LogP contribution >= 0.6 is 15.9 Å². The molecule has 0 amide bonds. The second kappa shape index (κ2) is 14.8. The van der Waals surface area contributed by atoms with Crippen molar-refractivity contribution in [3.8, 4) is 5.75 Å². The van der Waals surface area contributed by atoms with E-state index in [0.29, 0.717) is 0 Å². The molecule has 0 aliphatic rings. The molecule has 0 aliphatic carbocycles. The molecule has 0 spiro atoms. The second-order valence-electron chi connectivity index (χ2n) is 5.39. The van der Waals surface area contributed by atoms with Crippen molar-refractivity contribution < 1.29 is 4.74 Å². The maximum absolute atomic E-state index is 5.74. The van der Waals surface area contributed by atoms with Crippen LogP contribution in [0.15, 0.2) is 84.9 Å². The molecule has 0 radical (unpaired) electrons. The van der Waals surface area contributed by atoms with Crippen molar-refractivity contribution in [3.63, 3.8) is 0 Å². The molecule has 0 aliphatic heterocycles. The van der Waals surface area contributed by atoms with Crippen LogP contribution in [0.1, 0.15) is 34.1 Å². The van der Waals surface area contributed by atoms with E-state index in [9.17, 15) is 0 Å². The maximum Gasteiger partial charge on any atom is 0.119 e. The number of para-hydroxylation sites is 2. The fourth-order valence-electron chi connectivity index (χ4n) is 2.54. The highest BCUT2D eigenvalue weighted by atomic mass is 79.9. The molecular formula is C25H32BrNO. The van der Waals surface area contributed by atoms with Crippen LogP contribution in [0, 0.1) is 0 Å². The van der Waals surface area contributed by atoms with Gasteiger partial charge in [-0.15, -0.1) is 0 Å². The number of halogens is 1. The molecular weight excluding hydrogens is 410 g/mol. The lowest BCUT2D eigenvalue weighted by Crippen LogP contribution is -2.09. The largest absolute Gasteiger partial charge is 0.494 e. The van der Waals surface area contributed by atoms with Crippen LogP contribution in [0.3, 0.4) is 0 Å². The van der Waals surface area contributed by atoms with E-state index < -0.39 is 0 Å². The Bertz CT molecular complexity index is 690. The summed E-state index contributed by atoms with van der Waals surface area (Å²) in [7, 11) is 0. The molecule has 0 bridgehead atoms. The van der Waals surface area contributed by atoms with Crippen LogP contribution < -0.4 is 9.64 Å². The summed E-state index contributed by atoms with van der Waals surface area (Å²) >= 11 is 3.42. The fourth-order valence-corrected chi connectivity index (χ4v) is 2.77. The minimum atomic E-state index is 0.728. The number of rotatable bonds is 7. The fraction of sp³-hybridized carbons (Fsp3) is 0.280. The summed E-state index contributed by atoms with van der Waals surface area (Å²) in [6.07, 6.45) is 1.00. The van der Waals surface area contributed by atoms with E-state index in [2.05, 4.69) is 81.5 Å². The van der Waals surface area contributed by atoms with Gasteiger partial charge in [0, 0.05) is 22.4 Å².